The summed E-state index contributed by atoms with van der Waals surface area (Å²) < 4.78 is 43.5. The van der Waals surface area contributed by atoms with E-state index < -0.39 is 23.7 Å². The van der Waals surface area contributed by atoms with Gasteiger partial charge in [0.2, 0.25) is 5.91 Å². The van der Waals surface area contributed by atoms with Crippen molar-refractivity contribution in [2.45, 2.75) is 33.0 Å². The second kappa shape index (κ2) is 6.31. The van der Waals surface area contributed by atoms with Crippen molar-refractivity contribution < 1.29 is 22.5 Å². The first-order valence-electron chi connectivity index (χ1n) is 6.85. The Morgan fingerprint density at radius 3 is 2.52 bits per heavy atom. The number of hydrogen-bond acceptors (Lipinski definition) is 4. The Morgan fingerprint density at radius 1 is 1.26 bits per heavy atom. The average Bonchev–Trinajstić information content (AvgIpc) is 2.85. The van der Waals surface area contributed by atoms with Gasteiger partial charge in [-0.1, -0.05) is 11.2 Å². The van der Waals surface area contributed by atoms with Crippen molar-refractivity contribution in [1.29, 1.82) is 0 Å². The predicted octanol–water partition coefficient (Wildman–Crippen LogP) is 3.75. The molecule has 1 atom stereocenters. The van der Waals surface area contributed by atoms with E-state index >= 15 is 0 Å². The number of amides is 1. The highest BCUT2D eigenvalue weighted by atomic mass is 19.4. The third kappa shape index (κ3) is 4.24. The largest absolute Gasteiger partial charge is 0.416 e. The second-order valence-electron chi connectivity index (χ2n) is 5.21. The molecule has 0 aliphatic rings. The number of nitrogens with zero attached hydrogens (tertiary/aromatic N) is 1. The van der Waals surface area contributed by atoms with Crippen LogP contribution in [-0.2, 0) is 11.0 Å². The molecule has 124 valence electrons. The molecule has 2 aromatic rings. The van der Waals surface area contributed by atoms with E-state index in [1.807, 2.05) is 0 Å². The number of benzene rings is 1. The number of nitrogens with one attached hydrogen (secondary N) is 2. The van der Waals surface area contributed by atoms with Gasteiger partial charge in [-0.05, 0) is 38.5 Å². The van der Waals surface area contributed by atoms with E-state index in [1.165, 1.54) is 32.0 Å². The molecule has 0 spiro atoms. The van der Waals surface area contributed by atoms with Gasteiger partial charge in [0.1, 0.15) is 11.8 Å². The van der Waals surface area contributed by atoms with Gasteiger partial charge in [0.25, 0.3) is 0 Å². The monoisotopic (exact) mass is 327 g/mol. The van der Waals surface area contributed by atoms with Crippen LogP contribution < -0.4 is 10.6 Å². The molecule has 5 nitrogen and oxygen atoms in total. The molecule has 1 heterocycles. The van der Waals surface area contributed by atoms with E-state index in [2.05, 4.69) is 15.8 Å². The molecule has 0 aliphatic carbocycles. The maximum Gasteiger partial charge on any atom is 0.416 e. The van der Waals surface area contributed by atoms with Gasteiger partial charge in [-0.3, -0.25) is 4.79 Å². The first-order valence-corrected chi connectivity index (χ1v) is 6.85. The Balaban J connectivity index is 2.07. The molecule has 23 heavy (non-hydrogen) atoms. The number of alkyl halides is 3. The molecule has 8 heteroatoms. The lowest BCUT2D eigenvalue weighted by Gasteiger charge is -2.17. The number of aromatic nitrogens is 1. The normalized spacial score (nSPS) is 12.8. The summed E-state index contributed by atoms with van der Waals surface area (Å²) in [5, 5.41) is 8.87. The van der Waals surface area contributed by atoms with Crippen molar-refractivity contribution in [3.8, 4) is 0 Å². The third-order valence-electron chi connectivity index (χ3n) is 3.20. The second-order valence-corrected chi connectivity index (χ2v) is 5.21. The SMILES string of the molecule is Cc1cc(NC(=O)C(C)Nc2ccc(C)c(C(F)(F)F)c2)no1. The first-order chi connectivity index (χ1) is 10.7. The van der Waals surface area contributed by atoms with Crippen LogP contribution in [0, 0.1) is 13.8 Å². The van der Waals surface area contributed by atoms with Crippen molar-refractivity contribution in [2.75, 3.05) is 10.6 Å². The van der Waals surface area contributed by atoms with E-state index in [0.717, 1.165) is 6.07 Å². The Bertz CT molecular complexity index is 710. The number of halogens is 3. The molecule has 2 N–H and O–H groups in total. The highest BCUT2D eigenvalue weighted by Gasteiger charge is 2.32. The predicted molar refractivity (Wildman–Crippen MR) is 79.1 cm³/mol. The Morgan fingerprint density at radius 2 is 1.96 bits per heavy atom. The van der Waals surface area contributed by atoms with Gasteiger partial charge in [-0.25, -0.2) is 0 Å². The summed E-state index contributed by atoms with van der Waals surface area (Å²) >= 11 is 0. The van der Waals surface area contributed by atoms with Crippen molar-refractivity contribution in [3.05, 3.63) is 41.2 Å². The number of rotatable bonds is 4. The highest BCUT2D eigenvalue weighted by Crippen LogP contribution is 2.33. The lowest BCUT2D eigenvalue weighted by Crippen LogP contribution is -2.32. The maximum absolute atomic E-state index is 12.9. The van der Waals surface area contributed by atoms with Crippen LogP contribution in [-0.4, -0.2) is 17.1 Å². The van der Waals surface area contributed by atoms with Crippen LogP contribution >= 0.6 is 0 Å². The van der Waals surface area contributed by atoms with Gasteiger partial charge in [0, 0.05) is 11.8 Å². The summed E-state index contributed by atoms with van der Waals surface area (Å²) in [6, 6.07) is 4.62. The van der Waals surface area contributed by atoms with Gasteiger partial charge in [-0.2, -0.15) is 13.2 Å². The standard InChI is InChI=1S/C15H16F3N3O2/c1-8-4-5-11(7-12(8)15(16,17)18)19-10(3)14(22)20-13-6-9(2)23-21-13/h4-7,10,19H,1-3H3,(H,20,21,22). The molecule has 0 radical (unpaired) electrons. The summed E-state index contributed by atoms with van der Waals surface area (Å²) in [7, 11) is 0. The third-order valence-corrected chi connectivity index (χ3v) is 3.20. The molecule has 0 fully saturated rings. The molecule has 1 unspecified atom stereocenters. The van der Waals surface area contributed by atoms with Crippen LogP contribution in [0.1, 0.15) is 23.8 Å². The van der Waals surface area contributed by atoms with Crippen molar-refractivity contribution in [3.63, 3.8) is 0 Å². The van der Waals surface area contributed by atoms with Gasteiger partial charge in [0.05, 0.1) is 5.56 Å². The minimum Gasteiger partial charge on any atom is -0.374 e. The average molecular weight is 327 g/mol. The molecule has 1 aromatic carbocycles. The smallest absolute Gasteiger partial charge is 0.374 e. The zero-order valence-electron chi connectivity index (χ0n) is 12.8. The molecule has 0 aliphatic heterocycles. The summed E-state index contributed by atoms with van der Waals surface area (Å²) in [6.07, 6.45) is -4.44. The number of anilines is 2. The van der Waals surface area contributed by atoms with Crippen LogP contribution in [0.5, 0.6) is 0 Å². The fraction of sp³-hybridized carbons (Fsp3) is 0.333. The van der Waals surface area contributed by atoms with E-state index in [-0.39, 0.29) is 17.1 Å². The van der Waals surface area contributed by atoms with Crippen LogP contribution in [0.4, 0.5) is 24.7 Å². The minimum atomic E-state index is -4.44. The molecular weight excluding hydrogens is 311 g/mol. The quantitative estimate of drug-likeness (QED) is 0.897. The minimum absolute atomic E-state index is 0.123. The molecule has 2 rings (SSSR count). The summed E-state index contributed by atoms with van der Waals surface area (Å²) in [5.41, 5.74) is -0.401. The van der Waals surface area contributed by atoms with E-state index in [0.29, 0.717) is 5.76 Å². The number of carbonyl (C=O) groups is 1. The number of aryl methyl sites for hydroxylation is 2. The van der Waals surface area contributed by atoms with E-state index in [4.69, 9.17) is 4.52 Å². The molecule has 0 saturated carbocycles. The molecule has 1 aromatic heterocycles. The Labute approximate surface area is 130 Å². The molecule has 0 bridgehead atoms. The fourth-order valence-electron chi connectivity index (χ4n) is 1.99. The van der Waals surface area contributed by atoms with Gasteiger partial charge in [0.15, 0.2) is 5.82 Å². The summed E-state index contributed by atoms with van der Waals surface area (Å²) in [5.74, 6) is 0.350. The lowest BCUT2D eigenvalue weighted by atomic mass is 10.1. The van der Waals surface area contributed by atoms with E-state index in [9.17, 15) is 18.0 Å². The van der Waals surface area contributed by atoms with Crippen molar-refractivity contribution in [1.82, 2.24) is 5.16 Å². The van der Waals surface area contributed by atoms with Crippen LogP contribution in [0.25, 0.3) is 0 Å². The van der Waals surface area contributed by atoms with Crippen molar-refractivity contribution in [2.24, 2.45) is 0 Å². The van der Waals surface area contributed by atoms with Crippen LogP contribution in [0.2, 0.25) is 0 Å². The van der Waals surface area contributed by atoms with E-state index in [1.54, 1.807) is 6.92 Å². The Hall–Kier alpha value is -2.51. The first kappa shape index (κ1) is 16.9. The van der Waals surface area contributed by atoms with Crippen molar-refractivity contribution >= 4 is 17.4 Å². The Kier molecular flexibility index (Phi) is 4.63. The van der Waals surface area contributed by atoms with Gasteiger partial charge >= 0.3 is 6.18 Å². The summed E-state index contributed by atoms with van der Waals surface area (Å²) in [6.45, 7) is 4.60. The van der Waals surface area contributed by atoms with Crippen LogP contribution in [0.15, 0.2) is 28.8 Å². The zero-order valence-corrected chi connectivity index (χ0v) is 12.8. The fourth-order valence-corrected chi connectivity index (χ4v) is 1.99. The highest BCUT2D eigenvalue weighted by molar-refractivity contribution is 5.95. The molecular formula is C15H16F3N3O2. The van der Waals surface area contributed by atoms with Crippen LogP contribution in [0.3, 0.4) is 0 Å². The number of hydrogen-bond donors (Lipinski definition) is 2. The van der Waals surface area contributed by atoms with Gasteiger partial charge in [-0.15, -0.1) is 0 Å². The summed E-state index contributed by atoms with van der Waals surface area (Å²) in [4.78, 5) is 12.0. The van der Waals surface area contributed by atoms with Gasteiger partial charge < -0.3 is 15.2 Å². The molecule has 1 amide bonds. The zero-order chi connectivity index (χ0) is 17.2. The topological polar surface area (TPSA) is 67.2 Å². The number of carbonyl (C=O) groups excluding carboxylic acids is 1. The lowest BCUT2D eigenvalue weighted by molar-refractivity contribution is -0.138. The molecule has 0 saturated heterocycles. The maximum atomic E-state index is 12.9.